The Morgan fingerprint density at radius 1 is 1.10 bits per heavy atom. The standard InChI is InChI=1S/C28H34N2O2.C2H4O2.CO2/c1-27(2)11-10-23-16-20(17-24(21-8-9-21)26(23)31-27)19-30-14-12-28(13-15-30)18-25(29-32-28)22-6-4-3-5-7-22;1-2(3)4;2-1-3/h3-7,16-17,21H,8-15,18-19H2,1-2H3;1H3,(H,3,4);. The first-order chi connectivity index (χ1) is 18.6. The van der Waals surface area contributed by atoms with Gasteiger partial charge in [0.2, 0.25) is 0 Å². The Hall–Kier alpha value is -3.48. The van der Waals surface area contributed by atoms with Crippen molar-refractivity contribution in [3.8, 4) is 5.75 Å². The third kappa shape index (κ3) is 7.55. The summed E-state index contributed by atoms with van der Waals surface area (Å²) in [5.41, 5.74) is 6.51. The highest BCUT2D eigenvalue weighted by molar-refractivity contribution is 6.01. The number of rotatable bonds is 4. The molecule has 39 heavy (non-hydrogen) atoms. The Morgan fingerprint density at radius 2 is 1.74 bits per heavy atom. The fourth-order valence-corrected chi connectivity index (χ4v) is 5.60. The van der Waals surface area contributed by atoms with Crippen LogP contribution in [0.15, 0.2) is 47.6 Å². The molecule has 3 heterocycles. The molecule has 1 aliphatic carbocycles. The summed E-state index contributed by atoms with van der Waals surface area (Å²) >= 11 is 0. The van der Waals surface area contributed by atoms with Gasteiger partial charge in [-0.25, -0.2) is 0 Å². The fraction of sp³-hybridized carbons (Fsp3) is 0.516. The fourth-order valence-electron chi connectivity index (χ4n) is 5.60. The highest BCUT2D eigenvalue weighted by atomic mass is 16.7. The summed E-state index contributed by atoms with van der Waals surface area (Å²) in [5, 5.41) is 11.9. The molecule has 0 bridgehead atoms. The van der Waals surface area contributed by atoms with E-state index in [1.807, 2.05) is 0 Å². The molecule has 208 valence electrons. The molecular weight excluding hydrogens is 496 g/mol. The Balaban J connectivity index is 0.000000456. The maximum atomic E-state index is 9.00. The van der Waals surface area contributed by atoms with Gasteiger partial charge in [0, 0.05) is 45.8 Å². The molecule has 1 N–H and O–H groups in total. The molecule has 2 fully saturated rings. The van der Waals surface area contributed by atoms with Crippen LogP contribution in [-0.4, -0.2) is 52.1 Å². The summed E-state index contributed by atoms with van der Waals surface area (Å²) in [6.45, 7) is 8.69. The molecule has 0 radical (unpaired) electrons. The van der Waals surface area contributed by atoms with Gasteiger partial charge in [0.05, 0.1) is 5.71 Å². The number of aryl methyl sites for hydroxylation is 1. The Labute approximate surface area is 230 Å². The van der Waals surface area contributed by atoms with E-state index in [1.54, 1.807) is 0 Å². The van der Waals surface area contributed by atoms with Crippen LogP contribution in [0.25, 0.3) is 0 Å². The molecule has 2 aromatic rings. The Bertz CT molecular complexity index is 1220. The number of aliphatic carboxylic acids is 1. The second kappa shape index (κ2) is 12.1. The van der Waals surface area contributed by atoms with Crippen LogP contribution in [0.1, 0.15) is 87.5 Å². The number of piperidine rings is 1. The largest absolute Gasteiger partial charge is 0.487 e. The maximum absolute atomic E-state index is 9.00. The van der Waals surface area contributed by atoms with E-state index >= 15 is 0 Å². The predicted molar refractivity (Wildman–Crippen MR) is 146 cm³/mol. The minimum Gasteiger partial charge on any atom is -0.487 e. The second-order valence-corrected chi connectivity index (χ2v) is 11.5. The predicted octanol–water partition coefficient (Wildman–Crippen LogP) is 5.33. The van der Waals surface area contributed by atoms with E-state index in [2.05, 4.69) is 66.4 Å². The van der Waals surface area contributed by atoms with Crippen molar-refractivity contribution in [3.05, 3.63) is 64.7 Å². The van der Waals surface area contributed by atoms with Crippen molar-refractivity contribution in [3.63, 3.8) is 0 Å². The number of oxime groups is 1. The smallest absolute Gasteiger partial charge is 0.373 e. The number of carbonyl (C=O) groups excluding carboxylic acids is 2. The summed E-state index contributed by atoms with van der Waals surface area (Å²) in [6, 6.07) is 15.3. The van der Waals surface area contributed by atoms with Crippen molar-refractivity contribution in [1.29, 1.82) is 0 Å². The minimum absolute atomic E-state index is 0.0404. The van der Waals surface area contributed by atoms with E-state index in [4.69, 9.17) is 29.1 Å². The third-order valence-electron chi connectivity index (χ3n) is 7.77. The van der Waals surface area contributed by atoms with Crippen molar-refractivity contribution in [1.82, 2.24) is 4.90 Å². The van der Waals surface area contributed by atoms with Crippen LogP contribution in [0.3, 0.4) is 0 Å². The first kappa shape index (κ1) is 28.5. The first-order valence-electron chi connectivity index (χ1n) is 13.7. The minimum atomic E-state index is -0.833. The molecule has 6 rings (SSSR count). The summed E-state index contributed by atoms with van der Waals surface area (Å²) in [6.07, 6.45) is 8.13. The third-order valence-corrected chi connectivity index (χ3v) is 7.77. The molecule has 1 saturated carbocycles. The molecule has 0 unspecified atom stereocenters. The lowest BCUT2D eigenvalue weighted by Gasteiger charge is -2.38. The quantitative estimate of drug-likeness (QED) is 0.565. The normalized spacial score (nSPS) is 20.4. The summed E-state index contributed by atoms with van der Waals surface area (Å²) in [4.78, 5) is 33.9. The SMILES string of the molecule is CC(=O)O.CC1(C)CCc2cc(CN3CCC4(CC3)CC(c3ccccc3)=NO4)cc(C3CC3)c2O1.O=C=O. The van der Waals surface area contributed by atoms with Crippen molar-refractivity contribution >= 4 is 17.8 Å². The topological polar surface area (TPSA) is 106 Å². The van der Waals surface area contributed by atoms with Gasteiger partial charge >= 0.3 is 6.15 Å². The van der Waals surface area contributed by atoms with Gasteiger partial charge in [-0.15, -0.1) is 0 Å². The number of hydrogen-bond donors (Lipinski definition) is 1. The summed E-state index contributed by atoms with van der Waals surface area (Å²) in [5.74, 6) is 1.08. The first-order valence-corrected chi connectivity index (χ1v) is 13.7. The number of carbonyl (C=O) groups is 1. The lowest BCUT2D eigenvalue weighted by Crippen LogP contribution is -2.44. The molecule has 8 nitrogen and oxygen atoms in total. The van der Waals surface area contributed by atoms with Crippen LogP contribution >= 0.6 is 0 Å². The number of benzene rings is 2. The Kier molecular flexibility index (Phi) is 8.88. The lowest BCUT2D eigenvalue weighted by molar-refractivity contribution is -0.191. The monoisotopic (exact) mass is 534 g/mol. The number of likely N-dealkylation sites (tertiary alicyclic amines) is 1. The van der Waals surface area contributed by atoms with Crippen LogP contribution in [0.4, 0.5) is 0 Å². The zero-order valence-corrected chi connectivity index (χ0v) is 23.1. The Morgan fingerprint density at radius 3 is 2.36 bits per heavy atom. The summed E-state index contributed by atoms with van der Waals surface area (Å²) in [7, 11) is 0. The van der Waals surface area contributed by atoms with Crippen molar-refractivity contribution in [2.24, 2.45) is 5.16 Å². The van der Waals surface area contributed by atoms with Crippen LogP contribution in [-0.2, 0) is 32.2 Å². The number of hydrogen-bond acceptors (Lipinski definition) is 7. The van der Waals surface area contributed by atoms with Gasteiger partial charge < -0.3 is 14.7 Å². The molecule has 8 heteroatoms. The molecular formula is C31H38N2O6. The molecule has 0 amide bonds. The molecule has 1 spiro atoms. The second-order valence-electron chi connectivity index (χ2n) is 11.5. The van der Waals surface area contributed by atoms with Gasteiger partial charge in [0.25, 0.3) is 5.97 Å². The van der Waals surface area contributed by atoms with E-state index in [0.717, 1.165) is 64.4 Å². The van der Waals surface area contributed by atoms with E-state index < -0.39 is 5.97 Å². The average Bonchev–Trinajstić information content (AvgIpc) is 3.66. The van der Waals surface area contributed by atoms with E-state index in [1.165, 1.54) is 40.8 Å². The van der Waals surface area contributed by atoms with E-state index in [0.29, 0.717) is 5.92 Å². The molecule has 1 saturated heterocycles. The summed E-state index contributed by atoms with van der Waals surface area (Å²) < 4.78 is 6.46. The number of carboxylic acids is 1. The highest BCUT2D eigenvalue weighted by Crippen LogP contribution is 2.49. The molecule has 4 aliphatic rings. The van der Waals surface area contributed by atoms with Crippen LogP contribution in [0, 0.1) is 0 Å². The van der Waals surface area contributed by atoms with Gasteiger partial charge in [-0.3, -0.25) is 9.69 Å². The zero-order valence-electron chi connectivity index (χ0n) is 23.1. The molecule has 2 aromatic carbocycles. The highest BCUT2D eigenvalue weighted by Gasteiger charge is 2.42. The van der Waals surface area contributed by atoms with Gasteiger partial charge in [-0.05, 0) is 67.7 Å². The van der Waals surface area contributed by atoms with Gasteiger partial charge in [0.1, 0.15) is 17.0 Å². The van der Waals surface area contributed by atoms with Crippen LogP contribution in [0.5, 0.6) is 5.75 Å². The molecule has 0 aromatic heterocycles. The number of fused-ring (bicyclic) bond motifs is 1. The maximum Gasteiger partial charge on any atom is 0.373 e. The van der Waals surface area contributed by atoms with Crippen molar-refractivity contribution in [2.45, 2.75) is 89.4 Å². The van der Waals surface area contributed by atoms with E-state index in [-0.39, 0.29) is 17.4 Å². The van der Waals surface area contributed by atoms with Crippen molar-refractivity contribution in [2.75, 3.05) is 13.1 Å². The number of ether oxygens (including phenoxy) is 1. The number of nitrogens with zero attached hydrogens (tertiary/aromatic N) is 2. The van der Waals surface area contributed by atoms with Gasteiger partial charge in [-0.2, -0.15) is 9.59 Å². The number of carboxylic acid groups (broad SMARTS) is 1. The van der Waals surface area contributed by atoms with E-state index in [9.17, 15) is 0 Å². The van der Waals surface area contributed by atoms with Crippen LogP contribution in [0.2, 0.25) is 0 Å². The van der Waals surface area contributed by atoms with Gasteiger partial charge in [0.15, 0.2) is 0 Å². The average molecular weight is 535 g/mol. The zero-order chi connectivity index (χ0) is 28.0. The van der Waals surface area contributed by atoms with Gasteiger partial charge in [-0.1, -0.05) is 47.6 Å². The molecule has 0 atom stereocenters. The van der Waals surface area contributed by atoms with Crippen LogP contribution < -0.4 is 4.74 Å². The van der Waals surface area contributed by atoms with Crippen molar-refractivity contribution < 1.29 is 29.1 Å². The molecule has 3 aliphatic heterocycles. The lowest BCUT2D eigenvalue weighted by atomic mass is 9.85.